The molecule has 0 aliphatic heterocycles. The SMILES string of the molecule is CCCn1cc(-n2c(Br)c(Sc3cccc(C4(C(=O)O)CC4)c3F)c3ccc(Cl)c(F)c32)cn1. The Morgan fingerprint density at radius 3 is 2.71 bits per heavy atom. The molecule has 1 aliphatic rings. The predicted octanol–water partition coefficient (Wildman–Crippen LogP) is 7.20. The van der Waals surface area contributed by atoms with Gasteiger partial charge < -0.3 is 5.11 Å². The van der Waals surface area contributed by atoms with Crippen molar-refractivity contribution in [1.29, 1.82) is 0 Å². The molecule has 0 amide bonds. The number of carboxylic acids is 1. The maximum Gasteiger partial charge on any atom is 0.314 e. The Bertz CT molecular complexity index is 1450. The van der Waals surface area contributed by atoms with Gasteiger partial charge in [0, 0.05) is 28.6 Å². The maximum absolute atomic E-state index is 15.5. The third-order valence-electron chi connectivity index (χ3n) is 6.10. The highest BCUT2D eigenvalue weighted by molar-refractivity contribution is 9.10. The lowest BCUT2D eigenvalue weighted by molar-refractivity contribution is -0.140. The lowest BCUT2D eigenvalue weighted by Crippen LogP contribution is -2.21. The second-order valence-electron chi connectivity index (χ2n) is 8.28. The number of rotatable bonds is 7. The van der Waals surface area contributed by atoms with Crippen molar-refractivity contribution in [3.63, 3.8) is 0 Å². The molecule has 10 heteroatoms. The first-order valence-corrected chi connectivity index (χ1v) is 12.7. The standard InChI is InChI=1S/C24H19BrClF2N3O2S/c1-2-10-30-12-13(11-29-30)31-20-14(6-7-16(26)19(20)28)21(22(31)25)34-17-5-3-4-15(18(17)27)24(8-9-24)23(32)33/h3-7,11-12H,2,8-10H2,1H3,(H,32,33). The van der Waals surface area contributed by atoms with Crippen LogP contribution in [-0.4, -0.2) is 25.4 Å². The minimum Gasteiger partial charge on any atom is -0.481 e. The molecule has 0 radical (unpaired) electrons. The molecule has 0 unspecified atom stereocenters. The van der Waals surface area contributed by atoms with Crippen LogP contribution >= 0.6 is 39.3 Å². The highest BCUT2D eigenvalue weighted by Gasteiger charge is 2.53. The number of nitrogens with zero attached hydrogens (tertiary/aromatic N) is 3. The van der Waals surface area contributed by atoms with Gasteiger partial charge in [0.2, 0.25) is 0 Å². The van der Waals surface area contributed by atoms with Crippen molar-refractivity contribution in [3.8, 4) is 5.69 Å². The molecule has 176 valence electrons. The monoisotopic (exact) mass is 565 g/mol. The average molecular weight is 567 g/mol. The number of aryl methyl sites for hydroxylation is 1. The number of hydrogen-bond acceptors (Lipinski definition) is 3. The number of carbonyl (C=O) groups is 1. The molecule has 1 saturated carbocycles. The van der Waals surface area contributed by atoms with E-state index in [-0.39, 0.29) is 21.0 Å². The zero-order valence-electron chi connectivity index (χ0n) is 18.0. The van der Waals surface area contributed by atoms with Gasteiger partial charge >= 0.3 is 5.97 Å². The first-order valence-electron chi connectivity index (χ1n) is 10.7. The minimum atomic E-state index is -1.17. The highest BCUT2D eigenvalue weighted by Crippen LogP contribution is 2.51. The summed E-state index contributed by atoms with van der Waals surface area (Å²) < 4.78 is 34.8. The number of aliphatic carboxylic acids is 1. The number of aromatic nitrogens is 3. The third-order valence-corrected chi connectivity index (χ3v) is 8.56. The van der Waals surface area contributed by atoms with Crippen molar-refractivity contribution in [3.05, 3.63) is 69.5 Å². The van der Waals surface area contributed by atoms with E-state index in [0.29, 0.717) is 40.0 Å². The van der Waals surface area contributed by atoms with Crippen molar-refractivity contribution in [2.24, 2.45) is 0 Å². The number of carboxylic acid groups (broad SMARTS) is 1. The highest BCUT2D eigenvalue weighted by atomic mass is 79.9. The van der Waals surface area contributed by atoms with Gasteiger partial charge in [-0.1, -0.05) is 42.4 Å². The van der Waals surface area contributed by atoms with Crippen molar-refractivity contribution in [2.75, 3.05) is 0 Å². The second kappa shape index (κ2) is 8.70. The number of benzene rings is 2. The second-order valence-corrected chi connectivity index (χ2v) is 10.5. The van der Waals surface area contributed by atoms with Gasteiger partial charge in [-0.05, 0) is 53.4 Å². The van der Waals surface area contributed by atoms with E-state index >= 15 is 8.78 Å². The van der Waals surface area contributed by atoms with E-state index < -0.39 is 23.0 Å². The number of halogens is 4. The Morgan fingerprint density at radius 1 is 1.26 bits per heavy atom. The molecular formula is C24H19BrClF2N3O2S. The smallest absolute Gasteiger partial charge is 0.314 e. The van der Waals surface area contributed by atoms with Crippen LogP contribution < -0.4 is 0 Å². The van der Waals surface area contributed by atoms with Gasteiger partial charge in [0.05, 0.1) is 32.7 Å². The molecule has 1 N–H and O–H groups in total. The molecule has 0 saturated heterocycles. The molecule has 2 aromatic heterocycles. The molecule has 0 bridgehead atoms. The molecule has 2 heterocycles. The minimum absolute atomic E-state index is 0.0263. The van der Waals surface area contributed by atoms with Crippen LogP contribution in [-0.2, 0) is 16.8 Å². The summed E-state index contributed by atoms with van der Waals surface area (Å²) >= 11 is 10.8. The Kier molecular flexibility index (Phi) is 5.98. The zero-order valence-corrected chi connectivity index (χ0v) is 21.1. The maximum atomic E-state index is 15.5. The summed E-state index contributed by atoms with van der Waals surface area (Å²) in [6.07, 6.45) is 5.15. The van der Waals surface area contributed by atoms with E-state index in [9.17, 15) is 9.90 Å². The van der Waals surface area contributed by atoms with E-state index in [1.165, 1.54) is 12.1 Å². The summed E-state index contributed by atoms with van der Waals surface area (Å²) in [6.45, 7) is 2.75. The fourth-order valence-electron chi connectivity index (χ4n) is 4.20. The number of hydrogen-bond donors (Lipinski definition) is 1. The van der Waals surface area contributed by atoms with Crippen LogP contribution in [0.2, 0.25) is 5.02 Å². The third kappa shape index (κ3) is 3.65. The van der Waals surface area contributed by atoms with Crippen LogP contribution in [0.5, 0.6) is 0 Å². The van der Waals surface area contributed by atoms with E-state index in [1.54, 1.807) is 33.6 Å². The van der Waals surface area contributed by atoms with Crippen molar-refractivity contribution >= 4 is 56.2 Å². The fourth-order valence-corrected chi connectivity index (χ4v) is 6.21. The van der Waals surface area contributed by atoms with Gasteiger partial charge in [0.25, 0.3) is 0 Å². The first-order chi connectivity index (χ1) is 16.3. The Morgan fingerprint density at radius 2 is 2.03 bits per heavy atom. The molecule has 1 aliphatic carbocycles. The fraction of sp³-hybridized carbons (Fsp3) is 0.250. The van der Waals surface area contributed by atoms with E-state index in [0.717, 1.165) is 18.2 Å². The molecule has 4 aromatic rings. The number of fused-ring (bicyclic) bond motifs is 1. The van der Waals surface area contributed by atoms with Crippen LogP contribution in [0.3, 0.4) is 0 Å². The van der Waals surface area contributed by atoms with E-state index in [1.807, 2.05) is 13.1 Å². The molecular weight excluding hydrogens is 548 g/mol. The van der Waals surface area contributed by atoms with Gasteiger partial charge in [0.15, 0.2) is 5.82 Å². The van der Waals surface area contributed by atoms with Crippen molar-refractivity contribution in [2.45, 2.75) is 47.9 Å². The van der Waals surface area contributed by atoms with Crippen LogP contribution in [0.4, 0.5) is 8.78 Å². The molecule has 0 spiro atoms. The zero-order chi connectivity index (χ0) is 24.2. The summed E-state index contributed by atoms with van der Waals surface area (Å²) in [5.74, 6) is -2.18. The summed E-state index contributed by atoms with van der Waals surface area (Å²) in [5, 5.41) is 14.5. The summed E-state index contributed by atoms with van der Waals surface area (Å²) in [4.78, 5) is 12.6. The van der Waals surface area contributed by atoms with Crippen molar-refractivity contribution in [1.82, 2.24) is 14.3 Å². The van der Waals surface area contributed by atoms with Gasteiger partial charge in [-0.2, -0.15) is 5.10 Å². The van der Waals surface area contributed by atoms with Gasteiger partial charge in [-0.15, -0.1) is 0 Å². The molecule has 2 aromatic carbocycles. The Balaban J connectivity index is 1.67. The molecule has 5 rings (SSSR count). The van der Waals surface area contributed by atoms with Crippen molar-refractivity contribution < 1.29 is 18.7 Å². The summed E-state index contributed by atoms with van der Waals surface area (Å²) in [5.41, 5.74) is -0.103. The Hall–Kier alpha value is -2.36. The summed E-state index contributed by atoms with van der Waals surface area (Å²) in [6, 6.07) is 7.95. The lowest BCUT2D eigenvalue weighted by atomic mass is 9.96. The van der Waals surface area contributed by atoms with E-state index in [4.69, 9.17) is 11.6 Å². The van der Waals surface area contributed by atoms with Crippen LogP contribution in [0, 0.1) is 11.6 Å². The normalized spacial score (nSPS) is 14.6. The lowest BCUT2D eigenvalue weighted by Gasteiger charge is -2.14. The van der Waals surface area contributed by atoms with Gasteiger partial charge in [-0.3, -0.25) is 14.0 Å². The summed E-state index contributed by atoms with van der Waals surface area (Å²) in [7, 11) is 0. The Labute approximate surface area is 211 Å². The molecule has 34 heavy (non-hydrogen) atoms. The van der Waals surface area contributed by atoms with Gasteiger partial charge in [0.1, 0.15) is 10.4 Å². The average Bonchev–Trinajstić information content (AvgIpc) is 3.42. The quantitative estimate of drug-likeness (QED) is 0.257. The topological polar surface area (TPSA) is 60.0 Å². The van der Waals surface area contributed by atoms with Crippen LogP contribution in [0.25, 0.3) is 16.6 Å². The predicted molar refractivity (Wildman–Crippen MR) is 131 cm³/mol. The van der Waals surface area contributed by atoms with E-state index in [2.05, 4.69) is 21.0 Å². The molecule has 5 nitrogen and oxygen atoms in total. The molecule has 0 atom stereocenters. The largest absolute Gasteiger partial charge is 0.481 e. The van der Waals surface area contributed by atoms with Crippen LogP contribution in [0.15, 0.2) is 57.1 Å². The van der Waals surface area contributed by atoms with Gasteiger partial charge in [-0.25, -0.2) is 8.78 Å². The van der Waals surface area contributed by atoms with Crippen LogP contribution in [0.1, 0.15) is 31.7 Å². The first kappa shape index (κ1) is 23.4. The molecule has 1 fully saturated rings.